The van der Waals surface area contributed by atoms with Crippen LogP contribution in [0.3, 0.4) is 0 Å². The molecular weight excluding hydrogens is 176 g/mol. The van der Waals surface area contributed by atoms with Crippen molar-refractivity contribution in [2.45, 2.75) is 33.1 Å². The summed E-state index contributed by atoms with van der Waals surface area (Å²) in [6, 6.07) is 0. The Hall–Kier alpha value is -0.830. The van der Waals surface area contributed by atoms with Gasteiger partial charge in [0.05, 0.1) is 6.67 Å². The fraction of sp³-hybridized carbons (Fsp3) is 0.727. The first-order chi connectivity index (χ1) is 6.74. The van der Waals surface area contributed by atoms with Crippen molar-refractivity contribution < 1.29 is 4.79 Å². The van der Waals surface area contributed by atoms with Crippen molar-refractivity contribution in [2.75, 3.05) is 19.8 Å². The molecule has 0 rings (SSSR count). The first-order valence-electron chi connectivity index (χ1n) is 5.37. The van der Waals surface area contributed by atoms with Gasteiger partial charge in [-0.15, -0.1) is 0 Å². The van der Waals surface area contributed by atoms with Crippen molar-refractivity contribution in [1.29, 1.82) is 0 Å². The number of nitrogens with one attached hydrogen (secondary N) is 1. The van der Waals surface area contributed by atoms with Gasteiger partial charge in [0.1, 0.15) is 0 Å². The summed E-state index contributed by atoms with van der Waals surface area (Å²) >= 11 is 0. The molecule has 1 N–H and O–H groups in total. The van der Waals surface area contributed by atoms with Crippen LogP contribution in [-0.2, 0) is 4.79 Å². The second kappa shape index (κ2) is 8.75. The van der Waals surface area contributed by atoms with Crippen LogP contribution in [0.5, 0.6) is 0 Å². The summed E-state index contributed by atoms with van der Waals surface area (Å²) < 4.78 is 0. The first kappa shape index (κ1) is 13.2. The highest BCUT2D eigenvalue weighted by Gasteiger charge is 2.03. The van der Waals surface area contributed by atoms with Gasteiger partial charge in [-0.3, -0.25) is 9.69 Å². The molecule has 0 radical (unpaired) electrons. The number of nitrogens with zero attached hydrogens (tertiary/aromatic N) is 1. The van der Waals surface area contributed by atoms with Crippen LogP contribution in [0.15, 0.2) is 12.7 Å². The van der Waals surface area contributed by atoms with Crippen molar-refractivity contribution in [3.63, 3.8) is 0 Å². The molecule has 0 aromatic rings. The Morgan fingerprint density at radius 3 is 2.57 bits per heavy atom. The minimum atomic E-state index is -0.0948. The average molecular weight is 198 g/mol. The van der Waals surface area contributed by atoms with E-state index in [4.69, 9.17) is 0 Å². The molecule has 14 heavy (non-hydrogen) atoms. The molecule has 0 saturated heterocycles. The van der Waals surface area contributed by atoms with Gasteiger partial charge in [0.15, 0.2) is 0 Å². The predicted octanol–water partition coefficient (Wildman–Crippen LogP) is 1.76. The summed E-state index contributed by atoms with van der Waals surface area (Å²) in [6.07, 6.45) is 4.80. The van der Waals surface area contributed by atoms with Crippen molar-refractivity contribution in [3.8, 4) is 0 Å². The maximum atomic E-state index is 10.9. The Kier molecular flexibility index (Phi) is 8.24. The molecule has 0 aliphatic carbocycles. The molecule has 0 aromatic carbocycles. The number of amides is 1. The van der Waals surface area contributed by atoms with E-state index in [-0.39, 0.29) is 5.91 Å². The van der Waals surface area contributed by atoms with E-state index in [9.17, 15) is 4.79 Å². The Labute approximate surface area is 87.2 Å². The lowest BCUT2D eigenvalue weighted by atomic mass is 10.3. The van der Waals surface area contributed by atoms with E-state index in [1.165, 1.54) is 18.9 Å². The zero-order valence-electron chi connectivity index (χ0n) is 9.38. The summed E-state index contributed by atoms with van der Waals surface area (Å²) in [5, 5.41) is 2.80. The van der Waals surface area contributed by atoms with Gasteiger partial charge < -0.3 is 5.32 Å². The quantitative estimate of drug-likeness (QED) is 0.476. The second-order valence-electron chi connectivity index (χ2n) is 3.37. The van der Waals surface area contributed by atoms with Crippen LogP contribution in [0.25, 0.3) is 0 Å². The monoisotopic (exact) mass is 198 g/mol. The summed E-state index contributed by atoms with van der Waals surface area (Å²) in [7, 11) is 0. The topological polar surface area (TPSA) is 32.3 Å². The van der Waals surface area contributed by atoms with Gasteiger partial charge in [0.25, 0.3) is 0 Å². The van der Waals surface area contributed by atoms with Crippen LogP contribution < -0.4 is 5.32 Å². The zero-order chi connectivity index (χ0) is 10.8. The summed E-state index contributed by atoms with van der Waals surface area (Å²) in [4.78, 5) is 13.2. The lowest BCUT2D eigenvalue weighted by Crippen LogP contribution is -2.37. The van der Waals surface area contributed by atoms with Gasteiger partial charge in [0, 0.05) is 0 Å². The van der Waals surface area contributed by atoms with Crippen LogP contribution in [0, 0.1) is 0 Å². The third-order valence-electron chi connectivity index (χ3n) is 2.03. The van der Waals surface area contributed by atoms with E-state index in [0.29, 0.717) is 6.67 Å². The zero-order valence-corrected chi connectivity index (χ0v) is 9.38. The number of carbonyl (C=O) groups is 1. The van der Waals surface area contributed by atoms with Crippen molar-refractivity contribution in [1.82, 2.24) is 10.2 Å². The molecule has 82 valence electrons. The van der Waals surface area contributed by atoms with Crippen molar-refractivity contribution >= 4 is 5.91 Å². The van der Waals surface area contributed by atoms with E-state index in [1.807, 2.05) is 0 Å². The van der Waals surface area contributed by atoms with Gasteiger partial charge in [-0.2, -0.15) is 0 Å². The lowest BCUT2D eigenvalue weighted by Gasteiger charge is -2.21. The van der Waals surface area contributed by atoms with Gasteiger partial charge in [-0.25, -0.2) is 0 Å². The molecule has 0 saturated carbocycles. The highest BCUT2D eigenvalue weighted by Crippen LogP contribution is 1.95. The van der Waals surface area contributed by atoms with Crippen molar-refractivity contribution in [2.24, 2.45) is 0 Å². The molecule has 0 aliphatic heterocycles. The molecule has 3 heteroatoms. The fourth-order valence-electron chi connectivity index (χ4n) is 1.23. The average Bonchev–Trinajstić information content (AvgIpc) is 2.21. The lowest BCUT2D eigenvalue weighted by molar-refractivity contribution is -0.117. The molecule has 0 aromatic heterocycles. The normalized spacial score (nSPS) is 10.2. The maximum absolute atomic E-state index is 10.9. The second-order valence-corrected chi connectivity index (χ2v) is 3.37. The predicted molar refractivity (Wildman–Crippen MR) is 60.0 cm³/mol. The largest absolute Gasteiger partial charge is 0.340 e. The van der Waals surface area contributed by atoms with Crippen LogP contribution >= 0.6 is 0 Å². The van der Waals surface area contributed by atoms with Crippen LogP contribution in [0.2, 0.25) is 0 Å². The molecule has 0 heterocycles. The number of rotatable bonds is 8. The van der Waals surface area contributed by atoms with E-state index in [2.05, 4.69) is 30.6 Å². The minimum Gasteiger partial charge on any atom is -0.340 e. The number of hydrogen-bond donors (Lipinski definition) is 1. The van der Waals surface area contributed by atoms with Gasteiger partial charge in [-0.1, -0.05) is 26.8 Å². The standard InChI is InChI=1S/C11H22N2O/c1-4-7-9-13(8-5-2)10-12-11(14)6-3/h6H,3-5,7-10H2,1-2H3,(H,12,14). The molecule has 0 unspecified atom stereocenters. The van der Waals surface area contributed by atoms with E-state index in [1.54, 1.807) is 0 Å². The Balaban J connectivity index is 3.71. The highest BCUT2D eigenvalue weighted by atomic mass is 16.1. The summed E-state index contributed by atoms with van der Waals surface area (Å²) in [5.74, 6) is -0.0948. The number of carbonyl (C=O) groups excluding carboxylic acids is 1. The molecule has 1 amide bonds. The third-order valence-corrected chi connectivity index (χ3v) is 2.03. The Bertz CT molecular complexity index is 169. The SMILES string of the molecule is C=CC(=O)NCN(CCC)CCCC. The van der Waals surface area contributed by atoms with Crippen LogP contribution in [0.4, 0.5) is 0 Å². The Morgan fingerprint density at radius 2 is 2.07 bits per heavy atom. The molecule has 0 aliphatic rings. The molecule has 0 bridgehead atoms. The van der Waals surface area contributed by atoms with Crippen LogP contribution in [0.1, 0.15) is 33.1 Å². The molecule has 3 nitrogen and oxygen atoms in total. The van der Waals surface area contributed by atoms with E-state index in [0.717, 1.165) is 19.5 Å². The van der Waals surface area contributed by atoms with Gasteiger partial charge in [0.2, 0.25) is 5.91 Å². The smallest absolute Gasteiger partial charge is 0.244 e. The van der Waals surface area contributed by atoms with E-state index >= 15 is 0 Å². The molecule has 0 spiro atoms. The first-order valence-corrected chi connectivity index (χ1v) is 5.37. The molecular formula is C11H22N2O. The third kappa shape index (κ3) is 6.66. The Morgan fingerprint density at radius 1 is 1.36 bits per heavy atom. The molecule has 0 fully saturated rings. The van der Waals surface area contributed by atoms with Gasteiger partial charge >= 0.3 is 0 Å². The molecule has 0 atom stereocenters. The minimum absolute atomic E-state index is 0.0948. The fourth-order valence-corrected chi connectivity index (χ4v) is 1.23. The highest BCUT2D eigenvalue weighted by molar-refractivity contribution is 5.86. The number of hydrogen-bond acceptors (Lipinski definition) is 2. The van der Waals surface area contributed by atoms with Crippen molar-refractivity contribution in [3.05, 3.63) is 12.7 Å². The summed E-state index contributed by atoms with van der Waals surface area (Å²) in [5.41, 5.74) is 0. The van der Waals surface area contributed by atoms with Gasteiger partial charge in [-0.05, 0) is 32.0 Å². The van der Waals surface area contributed by atoms with E-state index < -0.39 is 0 Å². The van der Waals surface area contributed by atoms with Crippen LogP contribution in [-0.4, -0.2) is 30.6 Å². The summed E-state index contributed by atoms with van der Waals surface area (Å²) in [6.45, 7) is 10.5. The number of unbranched alkanes of at least 4 members (excludes halogenated alkanes) is 1. The maximum Gasteiger partial charge on any atom is 0.244 e.